The Morgan fingerprint density at radius 2 is 2.00 bits per heavy atom. The Labute approximate surface area is 114 Å². The lowest BCUT2D eigenvalue weighted by atomic mass is 9.80. The van der Waals surface area contributed by atoms with E-state index in [1.54, 1.807) is 0 Å². The first-order valence-electron chi connectivity index (χ1n) is 7.07. The maximum Gasteiger partial charge on any atom is 0.451 e. The third-order valence-electron chi connectivity index (χ3n) is 4.02. The van der Waals surface area contributed by atoms with Crippen LogP contribution in [0.4, 0.5) is 0 Å². The maximum absolute atomic E-state index is 11.3. The molecule has 0 bridgehead atoms. The van der Waals surface area contributed by atoms with Crippen LogP contribution in [0.25, 0.3) is 0 Å². The average Bonchev–Trinajstić information content (AvgIpc) is 2.75. The summed E-state index contributed by atoms with van der Waals surface area (Å²) in [7, 11) is -1.30. The van der Waals surface area contributed by atoms with Crippen LogP contribution in [0.5, 0.6) is 0 Å². The van der Waals surface area contributed by atoms with Gasteiger partial charge in [-0.05, 0) is 25.8 Å². The van der Waals surface area contributed by atoms with Crippen molar-refractivity contribution in [2.75, 3.05) is 19.6 Å². The minimum atomic E-state index is -1.30. The molecule has 1 rings (SSSR count). The number of carboxylic acid groups (broad SMARTS) is 1. The molecular weight excluding hydrogens is 247 g/mol. The lowest BCUT2D eigenvalue weighted by molar-refractivity contribution is -0.140. The van der Waals surface area contributed by atoms with E-state index in [2.05, 4.69) is 24.1 Å². The van der Waals surface area contributed by atoms with Crippen LogP contribution >= 0.6 is 0 Å². The standard InChI is InChI=1S/C12H25BN2O4/c1-3-15(4-2)10-8-14-11(12(16)17)9(10)6-5-7-13(18)19/h9-11,14,18-19H,3-8H2,1-2H3,(H,16,17). The van der Waals surface area contributed by atoms with E-state index in [4.69, 9.17) is 10.0 Å². The number of hydrogen-bond acceptors (Lipinski definition) is 5. The van der Waals surface area contributed by atoms with Crippen molar-refractivity contribution in [2.45, 2.75) is 45.1 Å². The number of hydrogen-bond donors (Lipinski definition) is 4. The summed E-state index contributed by atoms with van der Waals surface area (Å²) in [6.07, 6.45) is 1.63. The summed E-state index contributed by atoms with van der Waals surface area (Å²) < 4.78 is 0. The minimum absolute atomic E-state index is 0.0242. The van der Waals surface area contributed by atoms with Gasteiger partial charge in [0.05, 0.1) is 0 Å². The molecule has 0 aromatic heterocycles. The van der Waals surface area contributed by atoms with Crippen LogP contribution in [-0.2, 0) is 4.79 Å². The summed E-state index contributed by atoms with van der Waals surface area (Å²) in [6.45, 7) is 6.63. The molecule has 19 heavy (non-hydrogen) atoms. The number of rotatable bonds is 8. The zero-order valence-corrected chi connectivity index (χ0v) is 11.7. The third kappa shape index (κ3) is 4.45. The van der Waals surface area contributed by atoms with E-state index >= 15 is 0 Å². The van der Waals surface area contributed by atoms with E-state index in [-0.39, 0.29) is 12.0 Å². The molecule has 1 fully saturated rings. The highest BCUT2D eigenvalue weighted by Gasteiger charge is 2.41. The molecule has 0 amide bonds. The molecule has 0 aromatic carbocycles. The maximum atomic E-state index is 11.3. The number of carbonyl (C=O) groups is 1. The van der Waals surface area contributed by atoms with Crippen LogP contribution < -0.4 is 5.32 Å². The van der Waals surface area contributed by atoms with Crippen molar-refractivity contribution in [2.24, 2.45) is 5.92 Å². The second-order valence-corrected chi connectivity index (χ2v) is 5.09. The van der Waals surface area contributed by atoms with Gasteiger partial charge in [0.1, 0.15) is 6.04 Å². The predicted octanol–water partition coefficient (Wildman–Crippen LogP) is -0.378. The van der Waals surface area contributed by atoms with Crippen molar-refractivity contribution in [1.82, 2.24) is 10.2 Å². The monoisotopic (exact) mass is 272 g/mol. The molecule has 0 saturated carbocycles. The van der Waals surface area contributed by atoms with Gasteiger partial charge >= 0.3 is 13.1 Å². The normalized spacial score (nSPS) is 26.9. The highest BCUT2D eigenvalue weighted by atomic mass is 16.4. The van der Waals surface area contributed by atoms with Crippen LogP contribution in [0.15, 0.2) is 0 Å². The molecule has 110 valence electrons. The second kappa shape index (κ2) is 7.84. The summed E-state index contributed by atoms with van der Waals surface area (Å²) in [6, 6.07) is -0.312. The molecular formula is C12H25BN2O4. The fourth-order valence-electron chi connectivity index (χ4n) is 3.03. The Kier molecular flexibility index (Phi) is 6.78. The quantitative estimate of drug-likeness (QED) is 0.450. The van der Waals surface area contributed by atoms with Gasteiger partial charge in [0.2, 0.25) is 0 Å². The van der Waals surface area contributed by atoms with Gasteiger partial charge in [-0.25, -0.2) is 0 Å². The first-order valence-corrected chi connectivity index (χ1v) is 7.07. The fraction of sp³-hybridized carbons (Fsp3) is 0.917. The topological polar surface area (TPSA) is 93.0 Å². The summed E-state index contributed by atoms with van der Waals surface area (Å²) in [5, 5.41) is 30.1. The molecule has 0 spiro atoms. The fourth-order valence-corrected chi connectivity index (χ4v) is 3.03. The number of carboxylic acids is 1. The second-order valence-electron chi connectivity index (χ2n) is 5.09. The van der Waals surface area contributed by atoms with Gasteiger partial charge in [-0.15, -0.1) is 0 Å². The number of aliphatic carboxylic acids is 1. The van der Waals surface area contributed by atoms with Crippen LogP contribution in [0, 0.1) is 5.92 Å². The molecule has 1 heterocycles. The number of likely N-dealkylation sites (N-methyl/N-ethyl adjacent to an activating group) is 1. The predicted molar refractivity (Wildman–Crippen MR) is 73.9 cm³/mol. The number of nitrogens with zero attached hydrogens (tertiary/aromatic N) is 1. The van der Waals surface area contributed by atoms with Gasteiger partial charge in [-0.3, -0.25) is 9.69 Å². The van der Waals surface area contributed by atoms with E-state index in [1.165, 1.54) is 0 Å². The molecule has 1 aliphatic rings. The van der Waals surface area contributed by atoms with Gasteiger partial charge in [-0.2, -0.15) is 0 Å². The Morgan fingerprint density at radius 1 is 1.37 bits per heavy atom. The van der Waals surface area contributed by atoms with Crippen molar-refractivity contribution in [3.8, 4) is 0 Å². The molecule has 7 heteroatoms. The summed E-state index contributed by atoms with van der Waals surface area (Å²) in [5.41, 5.74) is 0. The Bertz CT molecular complexity index is 287. The van der Waals surface area contributed by atoms with Crippen molar-refractivity contribution in [3.63, 3.8) is 0 Å². The van der Waals surface area contributed by atoms with Crippen LogP contribution in [0.1, 0.15) is 26.7 Å². The highest BCUT2D eigenvalue weighted by Crippen LogP contribution is 2.27. The lowest BCUT2D eigenvalue weighted by Crippen LogP contribution is -2.42. The van der Waals surface area contributed by atoms with E-state index in [0.717, 1.165) is 13.1 Å². The van der Waals surface area contributed by atoms with Gasteiger partial charge in [0.15, 0.2) is 0 Å². The van der Waals surface area contributed by atoms with E-state index < -0.39 is 19.1 Å². The van der Waals surface area contributed by atoms with Gasteiger partial charge < -0.3 is 20.5 Å². The smallest absolute Gasteiger partial charge is 0.451 e. The van der Waals surface area contributed by atoms with Crippen molar-refractivity contribution in [1.29, 1.82) is 0 Å². The Hall–Kier alpha value is -0.625. The number of nitrogens with one attached hydrogen (secondary N) is 1. The van der Waals surface area contributed by atoms with Crippen LogP contribution in [0.2, 0.25) is 6.32 Å². The minimum Gasteiger partial charge on any atom is -0.480 e. The van der Waals surface area contributed by atoms with Gasteiger partial charge in [0.25, 0.3) is 0 Å². The molecule has 0 radical (unpaired) electrons. The van der Waals surface area contributed by atoms with Gasteiger partial charge in [-0.1, -0.05) is 20.3 Å². The summed E-state index contributed by atoms with van der Waals surface area (Å²) >= 11 is 0. The molecule has 0 aromatic rings. The van der Waals surface area contributed by atoms with E-state index in [0.29, 0.717) is 25.7 Å². The lowest BCUT2D eigenvalue weighted by Gasteiger charge is -2.31. The summed E-state index contributed by atoms with van der Waals surface area (Å²) in [4.78, 5) is 13.5. The largest absolute Gasteiger partial charge is 0.480 e. The zero-order chi connectivity index (χ0) is 14.4. The zero-order valence-electron chi connectivity index (χ0n) is 11.7. The molecule has 3 atom stereocenters. The SMILES string of the molecule is CCN(CC)C1CNC(C(=O)O)C1CCCB(O)O. The Morgan fingerprint density at radius 3 is 2.47 bits per heavy atom. The Balaban J connectivity index is 2.66. The van der Waals surface area contributed by atoms with Crippen molar-refractivity contribution in [3.05, 3.63) is 0 Å². The average molecular weight is 272 g/mol. The molecule has 1 saturated heterocycles. The van der Waals surface area contributed by atoms with Crippen LogP contribution in [-0.4, -0.2) is 64.9 Å². The van der Waals surface area contributed by atoms with E-state index in [1.807, 2.05) is 0 Å². The first-order chi connectivity index (χ1) is 9.01. The molecule has 6 nitrogen and oxygen atoms in total. The van der Waals surface area contributed by atoms with E-state index in [9.17, 15) is 9.90 Å². The first kappa shape index (κ1) is 16.4. The van der Waals surface area contributed by atoms with Crippen molar-refractivity contribution >= 4 is 13.1 Å². The van der Waals surface area contributed by atoms with Crippen molar-refractivity contribution < 1.29 is 19.9 Å². The van der Waals surface area contributed by atoms with Gasteiger partial charge in [0, 0.05) is 18.5 Å². The van der Waals surface area contributed by atoms with Crippen LogP contribution in [0.3, 0.4) is 0 Å². The molecule has 4 N–H and O–H groups in total. The molecule has 1 aliphatic heterocycles. The highest BCUT2D eigenvalue weighted by molar-refractivity contribution is 6.40. The molecule has 3 unspecified atom stereocenters. The summed E-state index contributed by atoms with van der Waals surface area (Å²) in [5.74, 6) is -0.791. The third-order valence-corrected chi connectivity index (χ3v) is 4.02. The molecule has 0 aliphatic carbocycles.